The summed E-state index contributed by atoms with van der Waals surface area (Å²) in [6.07, 6.45) is 4.70. The number of hydrogen-bond acceptors (Lipinski definition) is 7. The zero-order chi connectivity index (χ0) is 24.0. The molecule has 3 heterocycles. The Hall–Kier alpha value is -3.14. The lowest BCUT2D eigenvalue weighted by Crippen LogP contribution is -2.23. The number of allylic oxidation sites excluding steroid dienone is 1. The van der Waals surface area contributed by atoms with Crippen LogP contribution in [-0.2, 0) is 16.3 Å². The van der Waals surface area contributed by atoms with Crippen molar-refractivity contribution in [3.63, 3.8) is 0 Å². The van der Waals surface area contributed by atoms with Gasteiger partial charge in [-0.15, -0.1) is 0 Å². The molecule has 178 valence electrons. The maximum absolute atomic E-state index is 15.1. The summed E-state index contributed by atoms with van der Waals surface area (Å²) in [6, 6.07) is 2.60. The molecule has 0 atom stereocenters. The summed E-state index contributed by atoms with van der Waals surface area (Å²) in [7, 11) is -3.05. The first-order chi connectivity index (χ1) is 16.2. The first-order valence-corrected chi connectivity index (χ1v) is 12.9. The number of nitrogens with one attached hydrogen (secondary N) is 1. The number of nitrogens with zero attached hydrogens (tertiary/aromatic N) is 3. The van der Waals surface area contributed by atoms with Gasteiger partial charge in [0.15, 0.2) is 11.6 Å². The Balaban J connectivity index is 1.50. The smallest absolute Gasteiger partial charge is 0.324 e. The van der Waals surface area contributed by atoms with Crippen molar-refractivity contribution in [1.29, 1.82) is 0 Å². The van der Waals surface area contributed by atoms with Crippen LogP contribution in [0.25, 0.3) is 6.08 Å². The summed E-state index contributed by atoms with van der Waals surface area (Å²) in [4.78, 5) is 13.2. The van der Waals surface area contributed by atoms with Crippen molar-refractivity contribution in [3.8, 4) is 11.8 Å². The number of ether oxygens (including phenoxy) is 1. The molecule has 2 aromatic rings. The quantitative estimate of drug-likeness (QED) is 0.681. The SMILES string of the molecule is CC1=CC(Nc2cc(C3CCS(=O)(=O)CC3)nc(Oc3cc(F)c4c(c3F)C=C(C)C4)n2)=NC1. The number of aromatic nitrogens is 2. The summed E-state index contributed by atoms with van der Waals surface area (Å²) in [5.74, 6) is -0.482. The number of aliphatic imine (C=N–C) groups is 1. The van der Waals surface area contributed by atoms with E-state index in [1.807, 2.05) is 19.9 Å². The molecule has 10 heteroatoms. The lowest BCUT2D eigenvalue weighted by molar-refractivity contribution is 0.402. The van der Waals surface area contributed by atoms with Crippen molar-refractivity contribution in [2.24, 2.45) is 4.99 Å². The van der Waals surface area contributed by atoms with Gasteiger partial charge in [-0.25, -0.2) is 17.2 Å². The molecule has 34 heavy (non-hydrogen) atoms. The molecule has 1 saturated heterocycles. The molecule has 3 aliphatic rings. The second-order valence-corrected chi connectivity index (χ2v) is 11.3. The Morgan fingerprint density at radius 3 is 2.53 bits per heavy atom. The number of amidine groups is 1. The molecule has 1 aliphatic carbocycles. The Morgan fingerprint density at radius 1 is 1.06 bits per heavy atom. The van der Waals surface area contributed by atoms with Gasteiger partial charge in [-0.3, -0.25) is 4.99 Å². The molecule has 1 aromatic carbocycles. The molecule has 0 saturated carbocycles. The van der Waals surface area contributed by atoms with Gasteiger partial charge in [0.05, 0.1) is 23.7 Å². The molecule has 2 aliphatic heterocycles. The summed E-state index contributed by atoms with van der Waals surface area (Å²) in [5.41, 5.74) is 3.02. The van der Waals surface area contributed by atoms with Crippen molar-refractivity contribution in [1.82, 2.24) is 9.97 Å². The number of hydrogen-bond donors (Lipinski definition) is 1. The predicted molar refractivity (Wildman–Crippen MR) is 126 cm³/mol. The number of halogens is 2. The molecule has 0 radical (unpaired) electrons. The zero-order valence-corrected chi connectivity index (χ0v) is 19.7. The van der Waals surface area contributed by atoms with Gasteiger partial charge in [-0.1, -0.05) is 11.6 Å². The van der Waals surface area contributed by atoms with Crippen LogP contribution < -0.4 is 10.1 Å². The van der Waals surface area contributed by atoms with Crippen LogP contribution >= 0.6 is 0 Å². The van der Waals surface area contributed by atoms with Gasteiger partial charge in [0, 0.05) is 29.2 Å². The molecule has 0 unspecified atom stereocenters. The van der Waals surface area contributed by atoms with E-state index in [-0.39, 0.29) is 34.7 Å². The van der Waals surface area contributed by atoms with Crippen LogP contribution in [0.4, 0.5) is 14.6 Å². The second kappa shape index (κ2) is 8.57. The first-order valence-electron chi connectivity index (χ1n) is 11.1. The first kappa shape index (κ1) is 22.6. The van der Waals surface area contributed by atoms with E-state index in [4.69, 9.17) is 4.74 Å². The maximum Gasteiger partial charge on any atom is 0.324 e. The lowest BCUT2D eigenvalue weighted by Gasteiger charge is -2.22. The van der Waals surface area contributed by atoms with Crippen LogP contribution in [0.1, 0.15) is 49.4 Å². The highest BCUT2D eigenvalue weighted by Crippen LogP contribution is 2.37. The maximum atomic E-state index is 15.1. The molecule has 1 N–H and O–H groups in total. The van der Waals surface area contributed by atoms with E-state index in [2.05, 4.69) is 20.3 Å². The van der Waals surface area contributed by atoms with Gasteiger partial charge in [0.1, 0.15) is 27.3 Å². The van der Waals surface area contributed by atoms with Crippen molar-refractivity contribution in [3.05, 3.63) is 57.8 Å². The Labute approximate surface area is 196 Å². The minimum absolute atomic E-state index is 0.0750. The van der Waals surface area contributed by atoms with Gasteiger partial charge >= 0.3 is 6.01 Å². The normalized spacial score (nSPS) is 19.4. The Kier molecular flexibility index (Phi) is 5.71. The summed E-state index contributed by atoms with van der Waals surface area (Å²) < 4.78 is 59.2. The molecule has 1 aromatic heterocycles. The minimum Gasteiger partial charge on any atom is -0.421 e. The van der Waals surface area contributed by atoms with Crippen molar-refractivity contribution >= 4 is 27.6 Å². The monoisotopic (exact) mass is 486 g/mol. The van der Waals surface area contributed by atoms with Crippen molar-refractivity contribution in [2.45, 2.75) is 39.0 Å². The molecular weight excluding hydrogens is 462 g/mol. The highest BCUT2D eigenvalue weighted by molar-refractivity contribution is 7.91. The topological polar surface area (TPSA) is 93.5 Å². The van der Waals surface area contributed by atoms with Crippen LogP contribution in [0.3, 0.4) is 0 Å². The van der Waals surface area contributed by atoms with Gasteiger partial charge < -0.3 is 10.1 Å². The van der Waals surface area contributed by atoms with E-state index in [1.165, 1.54) is 0 Å². The van der Waals surface area contributed by atoms with E-state index < -0.39 is 21.5 Å². The van der Waals surface area contributed by atoms with E-state index >= 15 is 4.39 Å². The molecular formula is C24H24F2N4O3S. The van der Waals surface area contributed by atoms with Crippen molar-refractivity contribution in [2.75, 3.05) is 23.4 Å². The summed E-state index contributed by atoms with van der Waals surface area (Å²) >= 11 is 0. The fourth-order valence-electron chi connectivity index (χ4n) is 4.43. The minimum atomic E-state index is -3.05. The van der Waals surface area contributed by atoms with E-state index in [0.717, 1.165) is 17.2 Å². The van der Waals surface area contributed by atoms with E-state index in [9.17, 15) is 12.8 Å². The highest BCUT2D eigenvalue weighted by Gasteiger charge is 2.28. The van der Waals surface area contributed by atoms with E-state index in [0.29, 0.717) is 48.7 Å². The standard InChI is InChI=1S/C24H24F2N4O3S/c1-13-7-16-17(8-13)23(26)20(10-18(16)25)33-24-28-19(15-3-5-34(31,32)6-4-15)11-22(30-24)29-21-9-14(2)12-27-21/h8-11,15H,3-7,12H2,1-2H3,(H,27,28,29,30). The molecule has 1 fully saturated rings. The molecule has 7 nitrogen and oxygen atoms in total. The van der Waals surface area contributed by atoms with Crippen LogP contribution in [-0.4, -0.2) is 42.3 Å². The predicted octanol–water partition coefficient (Wildman–Crippen LogP) is 4.57. The van der Waals surface area contributed by atoms with Gasteiger partial charge in [-0.2, -0.15) is 9.97 Å². The number of benzene rings is 1. The molecule has 0 bridgehead atoms. The Bertz CT molecular complexity index is 1370. The van der Waals surface area contributed by atoms with E-state index in [1.54, 1.807) is 12.1 Å². The van der Waals surface area contributed by atoms with Gasteiger partial charge in [-0.05, 0) is 44.8 Å². The number of fused-ring (bicyclic) bond motifs is 1. The third kappa shape index (κ3) is 4.59. The van der Waals surface area contributed by atoms with Crippen molar-refractivity contribution < 1.29 is 21.9 Å². The van der Waals surface area contributed by atoms with Gasteiger partial charge in [0.2, 0.25) is 0 Å². The summed E-state index contributed by atoms with van der Waals surface area (Å²) in [6.45, 7) is 4.36. The average molecular weight is 487 g/mol. The summed E-state index contributed by atoms with van der Waals surface area (Å²) in [5, 5.41) is 3.11. The third-order valence-corrected chi connectivity index (χ3v) is 7.92. The van der Waals surface area contributed by atoms with Gasteiger partial charge in [0.25, 0.3) is 0 Å². The Morgan fingerprint density at radius 2 is 1.82 bits per heavy atom. The van der Waals surface area contributed by atoms with Crippen LogP contribution in [0.2, 0.25) is 0 Å². The largest absolute Gasteiger partial charge is 0.421 e. The molecule has 5 rings (SSSR count). The van der Waals surface area contributed by atoms with Crippen LogP contribution in [0.5, 0.6) is 11.8 Å². The average Bonchev–Trinajstić information content (AvgIpc) is 3.37. The fourth-order valence-corrected chi connectivity index (χ4v) is 5.92. The lowest BCUT2D eigenvalue weighted by atomic mass is 9.98. The number of sulfone groups is 1. The van der Waals surface area contributed by atoms with Crippen LogP contribution in [0, 0.1) is 11.6 Å². The zero-order valence-electron chi connectivity index (χ0n) is 18.9. The second-order valence-electron chi connectivity index (χ2n) is 9.04. The fraction of sp³-hybridized carbons (Fsp3) is 0.375. The molecule has 0 spiro atoms. The highest BCUT2D eigenvalue weighted by atomic mass is 32.2. The third-order valence-electron chi connectivity index (χ3n) is 6.21. The number of rotatable bonds is 4. The van der Waals surface area contributed by atoms with Crippen LogP contribution in [0.15, 0.2) is 34.3 Å². The molecule has 0 amide bonds. The number of anilines is 1.